The van der Waals surface area contributed by atoms with Crippen LogP contribution in [0.3, 0.4) is 0 Å². The highest BCUT2D eigenvalue weighted by Crippen LogP contribution is 2.53. The van der Waals surface area contributed by atoms with Crippen molar-refractivity contribution < 1.29 is 4.79 Å². The third-order valence-corrected chi connectivity index (χ3v) is 3.60. The van der Waals surface area contributed by atoms with Crippen LogP contribution < -0.4 is 0 Å². The topological polar surface area (TPSA) is 17.1 Å². The van der Waals surface area contributed by atoms with Gasteiger partial charge in [-0.2, -0.15) is 0 Å². The minimum atomic E-state index is 0.195. The van der Waals surface area contributed by atoms with Crippen molar-refractivity contribution >= 4 is 5.78 Å². The Kier molecular flexibility index (Phi) is 1.90. The number of carbonyl (C=O) groups is 1. The molecule has 0 amide bonds. The molecule has 2 bridgehead atoms. The summed E-state index contributed by atoms with van der Waals surface area (Å²) < 4.78 is 0. The van der Waals surface area contributed by atoms with E-state index in [1.54, 1.807) is 6.92 Å². The van der Waals surface area contributed by atoms with Gasteiger partial charge in [-0.25, -0.2) is 0 Å². The van der Waals surface area contributed by atoms with E-state index < -0.39 is 0 Å². The first-order valence-corrected chi connectivity index (χ1v) is 4.99. The molecule has 0 saturated heterocycles. The first-order chi connectivity index (χ1) is 6.09. The van der Waals surface area contributed by atoms with E-state index in [1.165, 1.54) is 17.6 Å². The Balaban J connectivity index is 2.24. The molecule has 13 heavy (non-hydrogen) atoms. The van der Waals surface area contributed by atoms with Gasteiger partial charge in [-0.3, -0.25) is 4.79 Å². The van der Waals surface area contributed by atoms with Gasteiger partial charge in [0, 0.05) is 0 Å². The van der Waals surface area contributed by atoms with Crippen LogP contribution in [0.15, 0.2) is 23.8 Å². The highest BCUT2D eigenvalue weighted by atomic mass is 16.1. The van der Waals surface area contributed by atoms with Gasteiger partial charge in [-0.05, 0) is 43.6 Å². The lowest BCUT2D eigenvalue weighted by Crippen LogP contribution is -2.12. The molecule has 0 aliphatic heterocycles. The van der Waals surface area contributed by atoms with Crippen molar-refractivity contribution in [2.24, 2.45) is 17.8 Å². The molecule has 0 spiro atoms. The van der Waals surface area contributed by atoms with Gasteiger partial charge in [0.15, 0.2) is 5.78 Å². The summed E-state index contributed by atoms with van der Waals surface area (Å²) in [6, 6.07) is 0. The molecule has 2 rings (SSSR count). The van der Waals surface area contributed by atoms with Crippen LogP contribution in [0.4, 0.5) is 0 Å². The number of hydrogen-bond donors (Lipinski definition) is 0. The normalized spacial score (nSPS) is 40.3. The maximum Gasteiger partial charge on any atom is 0.152 e. The monoisotopic (exact) mass is 176 g/mol. The standard InChI is InChI=1S/C12H16O/c1-7(13)4-11-5-10-6-12(11)9(3)8(10)2/h4,9-10,12H,2,5-6H2,1,3H3/b11-4-. The summed E-state index contributed by atoms with van der Waals surface area (Å²) >= 11 is 0. The van der Waals surface area contributed by atoms with Crippen molar-refractivity contribution in [1.29, 1.82) is 0 Å². The lowest BCUT2D eigenvalue weighted by atomic mass is 9.83. The van der Waals surface area contributed by atoms with Gasteiger partial charge in [0.05, 0.1) is 0 Å². The zero-order chi connectivity index (χ0) is 9.59. The Bertz CT molecular complexity index is 294. The molecule has 2 aliphatic rings. The average Bonchev–Trinajstić information content (AvgIpc) is 2.53. The zero-order valence-corrected chi connectivity index (χ0v) is 8.34. The van der Waals surface area contributed by atoms with Gasteiger partial charge in [0.2, 0.25) is 0 Å². The molecule has 1 nitrogen and oxygen atoms in total. The van der Waals surface area contributed by atoms with Crippen LogP contribution in [0.1, 0.15) is 26.7 Å². The van der Waals surface area contributed by atoms with Gasteiger partial charge >= 0.3 is 0 Å². The van der Waals surface area contributed by atoms with Gasteiger partial charge in [0.1, 0.15) is 0 Å². The Morgan fingerprint density at radius 1 is 1.62 bits per heavy atom. The molecule has 1 heteroatoms. The summed E-state index contributed by atoms with van der Waals surface area (Å²) in [4.78, 5) is 11.0. The number of allylic oxidation sites excluding steroid dienone is 3. The molecule has 0 radical (unpaired) electrons. The summed E-state index contributed by atoms with van der Waals surface area (Å²) in [5.74, 6) is 2.09. The van der Waals surface area contributed by atoms with Crippen molar-refractivity contribution in [2.45, 2.75) is 26.7 Å². The van der Waals surface area contributed by atoms with Crippen molar-refractivity contribution in [3.63, 3.8) is 0 Å². The van der Waals surface area contributed by atoms with Crippen LogP contribution in [0, 0.1) is 17.8 Å². The first kappa shape index (κ1) is 8.74. The van der Waals surface area contributed by atoms with Gasteiger partial charge < -0.3 is 0 Å². The molecule has 2 saturated carbocycles. The number of fused-ring (bicyclic) bond motifs is 2. The molecule has 0 aromatic carbocycles. The van der Waals surface area contributed by atoms with E-state index in [-0.39, 0.29) is 5.78 Å². The van der Waals surface area contributed by atoms with Gasteiger partial charge in [-0.15, -0.1) is 0 Å². The second-order valence-electron chi connectivity index (χ2n) is 4.44. The molecule has 0 N–H and O–H groups in total. The van der Waals surface area contributed by atoms with Crippen LogP contribution in [-0.2, 0) is 4.79 Å². The van der Waals surface area contributed by atoms with Crippen molar-refractivity contribution in [3.8, 4) is 0 Å². The van der Waals surface area contributed by atoms with Crippen LogP contribution >= 0.6 is 0 Å². The van der Waals surface area contributed by atoms with E-state index in [1.807, 2.05) is 6.08 Å². The lowest BCUT2D eigenvalue weighted by molar-refractivity contribution is -0.112. The third-order valence-electron chi connectivity index (χ3n) is 3.60. The second kappa shape index (κ2) is 2.83. The molecule has 70 valence electrons. The molecule has 0 heterocycles. The minimum absolute atomic E-state index is 0.195. The molecule has 2 aliphatic carbocycles. The van der Waals surface area contributed by atoms with E-state index in [4.69, 9.17) is 0 Å². The maximum absolute atomic E-state index is 11.0. The summed E-state index contributed by atoms with van der Waals surface area (Å²) in [6.07, 6.45) is 4.17. The summed E-state index contributed by atoms with van der Waals surface area (Å²) in [7, 11) is 0. The predicted octanol–water partition coefficient (Wildman–Crippen LogP) is 2.73. The average molecular weight is 176 g/mol. The summed E-state index contributed by atoms with van der Waals surface area (Å²) in [6.45, 7) is 7.99. The second-order valence-corrected chi connectivity index (χ2v) is 4.44. The fourth-order valence-electron chi connectivity index (χ4n) is 2.84. The minimum Gasteiger partial charge on any atom is -0.295 e. The summed E-state index contributed by atoms with van der Waals surface area (Å²) in [5.41, 5.74) is 2.78. The Morgan fingerprint density at radius 2 is 2.31 bits per heavy atom. The van der Waals surface area contributed by atoms with E-state index >= 15 is 0 Å². The molecular weight excluding hydrogens is 160 g/mol. The fraction of sp³-hybridized carbons (Fsp3) is 0.583. The van der Waals surface area contributed by atoms with Crippen molar-refractivity contribution in [2.75, 3.05) is 0 Å². The van der Waals surface area contributed by atoms with E-state index in [0.717, 1.165) is 6.42 Å². The Morgan fingerprint density at radius 3 is 2.77 bits per heavy atom. The fourth-order valence-corrected chi connectivity index (χ4v) is 2.84. The largest absolute Gasteiger partial charge is 0.295 e. The van der Waals surface area contributed by atoms with Crippen LogP contribution in [0.25, 0.3) is 0 Å². The first-order valence-electron chi connectivity index (χ1n) is 4.99. The number of rotatable bonds is 1. The molecule has 2 fully saturated rings. The lowest BCUT2D eigenvalue weighted by Gasteiger charge is -2.22. The van der Waals surface area contributed by atoms with Crippen LogP contribution in [0.2, 0.25) is 0 Å². The van der Waals surface area contributed by atoms with Gasteiger partial charge in [0.25, 0.3) is 0 Å². The highest BCUT2D eigenvalue weighted by molar-refractivity contribution is 5.88. The highest BCUT2D eigenvalue weighted by Gasteiger charge is 2.43. The number of carbonyl (C=O) groups excluding carboxylic acids is 1. The molecule has 0 aromatic heterocycles. The maximum atomic E-state index is 11.0. The predicted molar refractivity (Wildman–Crippen MR) is 53.3 cm³/mol. The Hall–Kier alpha value is -0.850. The Labute approximate surface area is 79.5 Å². The van der Waals surface area contributed by atoms with Crippen molar-refractivity contribution in [1.82, 2.24) is 0 Å². The summed E-state index contributed by atoms with van der Waals surface area (Å²) in [5, 5.41) is 0. The smallest absolute Gasteiger partial charge is 0.152 e. The SMILES string of the molecule is C=C1C2C/C(=C/C(C)=O)C(C2)C1C. The van der Waals surface area contributed by atoms with E-state index in [0.29, 0.717) is 17.8 Å². The van der Waals surface area contributed by atoms with Gasteiger partial charge in [-0.1, -0.05) is 24.6 Å². The van der Waals surface area contributed by atoms with E-state index in [9.17, 15) is 4.79 Å². The van der Waals surface area contributed by atoms with E-state index in [2.05, 4.69) is 13.5 Å². The quantitative estimate of drug-likeness (QED) is 0.443. The third kappa shape index (κ3) is 1.27. The van der Waals surface area contributed by atoms with Crippen molar-refractivity contribution in [3.05, 3.63) is 23.8 Å². The molecular formula is C12H16O. The number of ketones is 1. The molecule has 3 atom stereocenters. The van der Waals surface area contributed by atoms with Crippen LogP contribution in [-0.4, -0.2) is 5.78 Å². The number of hydrogen-bond acceptors (Lipinski definition) is 1. The zero-order valence-electron chi connectivity index (χ0n) is 8.34. The van der Waals surface area contributed by atoms with Crippen LogP contribution in [0.5, 0.6) is 0 Å². The molecule has 3 unspecified atom stereocenters. The molecule has 0 aromatic rings.